The summed E-state index contributed by atoms with van der Waals surface area (Å²) in [7, 11) is 0. The quantitative estimate of drug-likeness (QED) is 0.233. The van der Waals surface area contributed by atoms with E-state index in [0.717, 1.165) is 38.8 Å². The lowest BCUT2D eigenvalue weighted by Gasteiger charge is -2.11. The number of furan rings is 1. The van der Waals surface area contributed by atoms with Gasteiger partial charge < -0.3 is 13.6 Å². The number of benzene rings is 6. The Labute approximate surface area is 223 Å². The van der Waals surface area contributed by atoms with Crippen LogP contribution in [0.2, 0.25) is 0 Å². The van der Waals surface area contributed by atoms with Gasteiger partial charge in [-0.05, 0) is 42.5 Å². The number of aromatic nitrogens is 2. The van der Waals surface area contributed by atoms with E-state index in [1.807, 2.05) is 12.1 Å². The lowest BCUT2D eigenvalue weighted by atomic mass is 10.1. The third-order valence-corrected chi connectivity index (χ3v) is 8.12. The van der Waals surface area contributed by atoms with Crippen molar-refractivity contribution in [2.24, 2.45) is 0 Å². The smallest absolute Gasteiger partial charge is 0.159 e. The van der Waals surface area contributed by atoms with Crippen LogP contribution in [0.3, 0.4) is 0 Å². The van der Waals surface area contributed by atoms with Crippen LogP contribution in [0.1, 0.15) is 0 Å². The predicted octanol–water partition coefficient (Wildman–Crippen LogP) is 9.78. The van der Waals surface area contributed by atoms with Gasteiger partial charge in [0.15, 0.2) is 5.58 Å². The number of nitrogens with zero attached hydrogens (tertiary/aromatic N) is 2. The fourth-order valence-electron chi connectivity index (χ4n) is 6.47. The summed E-state index contributed by atoms with van der Waals surface area (Å²) in [6.07, 6.45) is 0. The lowest BCUT2D eigenvalue weighted by molar-refractivity contribution is 0.666. The van der Waals surface area contributed by atoms with Crippen molar-refractivity contribution in [1.29, 1.82) is 0 Å². The van der Waals surface area contributed by atoms with Gasteiger partial charge >= 0.3 is 0 Å². The third-order valence-electron chi connectivity index (χ3n) is 8.12. The molecule has 6 aromatic carbocycles. The molecule has 9 aromatic rings. The highest BCUT2D eigenvalue weighted by Crippen LogP contribution is 2.39. The molecular formula is C36H22N2O. The van der Waals surface area contributed by atoms with E-state index in [1.54, 1.807) is 0 Å². The monoisotopic (exact) mass is 498 g/mol. The second kappa shape index (κ2) is 7.62. The maximum Gasteiger partial charge on any atom is 0.159 e. The minimum atomic E-state index is 0.906. The molecule has 0 aliphatic carbocycles. The fourth-order valence-corrected chi connectivity index (χ4v) is 6.47. The van der Waals surface area contributed by atoms with E-state index in [4.69, 9.17) is 4.42 Å². The molecule has 0 saturated carbocycles. The average Bonchev–Trinajstić information content (AvgIpc) is 3.65. The van der Waals surface area contributed by atoms with E-state index in [1.165, 1.54) is 38.1 Å². The second-order valence-corrected chi connectivity index (χ2v) is 10.2. The molecule has 182 valence electrons. The number of para-hydroxylation sites is 5. The summed E-state index contributed by atoms with van der Waals surface area (Å²) in [5.74, 6) is 0. The molecule has 0 amide bonds. The van der Waals surface area contributed by atoms with E-state index in [-0.39, 0.29) is 0 Å². The highest BCUT2D eigenvalue weighted by atomic mass is 16.3. The maximum absolute atomic E-state index is 6.50. The minimum Gasteiger partial charge on any atom is -0.454 e. The molecule has 3 aromatic heterocycles. The van der Waals surface area contributed by atoms with Gasteiger partial charge in [0.25, 0.3) is 0 Å². The van der Waals surface area contributed by atoms with Gasteiger partial charge in [0.1, 0.15) is 5.58 Å². The number of hydrogen-bond acceptors (Lipinski definition) is 1. The normalized spacial score (nSPS) is 12.1. The van der Waals surface area contributed by atoms with E-state index < -0.39 is 0 Å². The molecule has 0 atom stereocenters. The molecule has 3 heterocycles. The van der Waals surface area contributed by atoms with Crippen molar-refractivity contribution in [3.05, 3.63) is 133 Å². The van der Waals surface area contributed by atoms with E-state index in [0.29, 0.717) is 0 Å². The summed E-state index contributed by atoms with van der Waals surface area (Å²) in [6, 6.07) is 47.6. The van der Waals surface area contributed by atoms with Gasteiger partial charge in [-0.25, -0.2) is 0 Å². The predicted molar refractivity (Wildman–Crippen MR) is 162 cm³/mol. The zero-order valence-electron chi connectivity index (χ0n) is 21.0. The van der Waals surface area contributed by atoms with Crippen molar-refractivity contribution in [3.8, 4) is 11.4 Å². The number of hydrogen-bond donors (Lipinski definition) is 0. The van der Waals surface area contributed by atoms with Crippen molar-refractivity contribution in [2.75, 3.05) is 0 Å². The largest absolute Gasteiger partial charge is 0.454 e. The maximum atomic E-state index is 6.50. The average molecular weight is 499 g/mol. The first kappa shape index (κ1) is 20.7. The Morgan fingerprint density at radius 1 is 0.385 bits per heavy atom. The molecule has 0 aliphatic rings. The lowest BCUT2D eigenvalue weighted by Crippen LogP contribution is -1.97. The van der Waals surface area contributed by atoms with Crippen LogP contribution in [0, 0.1) is 0 Å². The molecule has 0 fully saturated rings. The van der Waals surface area contributed by atoms with Crippen molar-refractivity contribution in [3.63, 3.8) is 0 Å². The Kier molecular flexibility index (Phi) is 4.05. The summed E-state index contributed by atoms with van der Waals surface area (Å²) in [5.41, 5.74) is 8.74. The molecule has 0 spiro atoms. The molecule has 0 N–H and O–H groups in total. The van der Waals surface area contributed by atoms with Crippen LogP contribution in [0.4, 0.5) is 0 Å². The van der Waals surface area contributed by atoms with E-state index in [2.05, 4.69) is 130 Å². The summed E-state index contributed by atoms with van der Waals surface area (Å²) in [6.45, 7) is 0. The molecule has 0 radical (unpaired) electrons. The molecule has 0 saturated heterocycles. The SMILES string of the molecule is c1ccc2c(c1)oc1c(-n3c4ccccc4c4ccc(-n5c6ccccc6c6ccccc65)cc43)cccc12. The van der Waals surface area contributed by atoms with Crippen LogP contribution in [0.5, 0.6) is 0 Å². The number of fused-ring (bicyclic) bond motifs is 9. The van der Waals surface area contributed by atoms with E-state index >= 15 is 0 Å². The highest BCUT2D eigenvalue weighted by molar-refractivity contribution is 6.14. The van der Waals surface area contributed by atoms with Gasteiger partial charge in [0.05, 0.1) is 27.8 Å². The highest BCUT2D eigenvalue weighted by Gasteiger charge is 2.19. The van der Waals surface area contributed by atoms with Gasteiger partial charge in [-0.2, -0.15) is 0 Å². The zero-order valence-corrected chi connectivity index (χ0v) is 21.0. The van der Waals surface area contributed by atoms with Crippen LogP contribution in [0.25, 0.3) is 76.9 Å². The van der Waals surface area contributed by atoms with Crippen LogP contribution in [0.15, 0.2) is 138 Å². The molecule has 3 heteroatoms. The van der Waals surface area contributed by atoms with Gasteiger partial charge in [-0.15, -0.1) is 0 Å². The summed E-state index contributed by atoms with van der Waals surface area (Å²) in [5, 5.41) is 7.26. The van der Waals surface area contributed by atoms with Gasteiger partial charge in [0, 0.05) is 38.0 Å². The van der Waals surface area contributed by atoms with E-state index in [9.17, 15) is 0 Å². The first-order chi connectivity index (χ1) is 19.4. The third kappa shape index (κ3) is 2.76. The Bertz CT molecular complexity index is 2350. The summed E-state index contributed by atoms with van der Waals surface area (Å²) >= 11 is 0. The molecule has 3 nitrogen and oxygen atoms in total. The fraction of sp³-hybridized carbons (Fsp3) is 0. The number of rotatable bonds is 2. The molecule has 0 aliphatic heterocycles. The minimum absolute atomic E-state index is 0.906. The standard InChI is InChI=1S/C36H22N2O/c1-5-15-30-24(10-1)25-11-2-6-16-31(25)37(30)23-20-21-27-26-12-3-7-17-32(26)38(34(27)22-23)33-18-9-14-29-28-13-4-8-19-35(28)39-36(29)33/h1-22H. The van der Waals surface area contributed by atoms with Crippen molar-refractivity contribution in [2.45, 2.75) is 0 Å². The van der Waals surface area contributed by atoms with Crippen molar-refractivity contribution >= 4 is 65.6 Å². The van der Waals surface area contributed by atoms with Crippen LogP contribution in [-0.4, -0.2) is 9.13 Å². The zero-order chi connectivity index (χ0) is 25.5. The molecule has 0 unspecified atom stereocenters. The van der Waals surface area contributed by atoms with Crippen LogP contribution < -0.4 is 0 Å². The molecule has 0 bridgehead atoms. The summed E-state index contributed by atoms with van der Waals surface area (Å²) < 4.78 is 11.2. The van der Waals surface area contributed by atoms with Gasteiger partial charge in [-0.1, -0.05) is 91.0 Å². The van der Waals surface area contributed by atoms with Crippen LogP contribution >= 0.6 is 0 Å². The van der Waals surface area contributed by atoms with Crippen molar-refractivity contribution < 1.29 is 4.42 Å². The Morgan fingerprint density at radius 3 is 1.62 bits per heavy atom. The first-order valence-corrected chi connectivity index (χ1v) is 13.3. The molecule has 9 rings (SSSR count). The molecule has 39 heavy (non-hydrogen) atoms. The van der Waals surface area contributed by atoms with Crippen molar-refractivity contribution in [1.82, 2.24) is 9.13 Å². The van der Waals surface area contributed by atoms with Crippen LogP contribution in [-0.2, 0) is 0 Å². The second-order valence-electron chi connectivity index (χ2n) is 10.2. The summed E-state index contributed by atoms with van der Waals surface area (Å²) in [4.78, 5) is 0. The Hall–Kier alpha value is -5.28. The first-order valence-electron chi connectivity index (χ1n) is 13.3. The topological polar surface area (TPSA) is 23.0 Å². The van der Waals surface area contributed by atoms with Gasteiger partial charge in [-0.3, -0.25) is 0 Å². The Morgan fingerprint density at radius 2 is 0.923 bits per heavy atom. The Balaban J connectivity index is 1.42. The molecular weight excluding hydrogens is 476 g/mol. The van der Waals surface area contributed by atoms with Gasteiger partial charge in [0.2, 0.25) is 0 Å².